The molecule has 0 aliphatic carbocycles. The largest absolute Gasteiger partial charge is 0.409 e. The lowest BCUT2D eigenvalue weighted by Gasteiger charge is -2.23. The van der Waals surface area contributed by atoms with E-state index in [0.29, 0.717) is 13.0 Å². The Labute approximate surface area is 119 Å². The number of hydrogen-bond acceptors (Lipinski definition) is 4. The highest BCUT2D eigenvalue weighted by atomic mass is 16.4. The Morgan fingerprint density at radius 1 is 1.40 bits per heavy atom. The van der Waals surface area contributed by atoms with Crippen LogP contribution in [0.1, 0.15) is 27.2 Å². The van der Waals surface area contributed by atoms with E-state index in [2.05, 4.69) is 15.8 Å². The Kier molecular flexibility index (Phi) is 5.37. The van der Waals surface area contributed by atoms with Crippen molar-refractivity contribution in [2.45, 2.75) is 27.2 Å². The van der Waals surface area contributed by atoms with Gasteiger partial charge in [-0.2, -0.15) is 0 Å². The van der Waals surface area contributed by atoms with Crippen molar-refractivity contribution in [2.24, 2.45) is 16.3 Å². The van der Waals surface area contributed by atoms with Crippen LogP contribution in [-0.4, -0.2) is 23.5 Å². The lowest BCUT2D eigenvalue weighted by atomic mass is 9.88. The van der Waals surface area contributed by atoms with Gasteiger partial charge in [0, 0.05) is 30.3 Å². The molecule has 0 aliphatic heterocycles. The molecule has 6 nitrogen and oxygen atoms in total. The molecular weight excluding hydrogens is 256 g/mol. The van der Waals surface area contributed by atoms with E-state index in [1.165, 1.54) is 6.92 Å². The van der Waals surface area contributed by atoms with E-state index < -0.39 is 0 Å². The van der Waals surface area contributed by atoms with E-state index in [1.54, 1.807) is 0 Å². The van der Waals surface area contributed by atoms with Crippen molar-refractivity contribution in [1.82, 2.24) is 0 Å². The molecule has 110 valence electrons. The van der Waals surface area contributed by atoms with Gasteiger partial charge in [0.25, 0.3) is 0 Å². The molecule has 0 aliphatic rings. The summed E-state index contributed by atoms with van der Waals surface area (Å²) in [6.45, 7) is 5.97. The highest BCUT2D eigenvalue weighted by Gasteiger charge is 2.22. The quantitative estimate of drug-likeness (QED) is 0.277. The van der Waals surface area contributed by atoms with Gasteiger partial charge in [0.15, 0.2) is 0 Å². The van der Waals surface area contributed by atoms with Gasteiger partial charge in [-0.25, -0.2) is 0 Å². The second-order valence-electron chi connectivity index (χ2n) is 5.31. The summed E-state index contributed by atoms with van der Waals surface area (Å²) in [5.74, 6) is 0.113. The highest BCUT2D eigenvalue weighted by molar-refractivity contribution is 5.89. The van der Waals surface area contributed by atoms with Crippen LogP contribution in [0.25, 0.3) is 0 Å². The molecule has 0 aromatic heterocycles. The van der Waals surface area contributed by atoms with Crippen molar-refractivity contribution in [3.63, 3.8) is 0 Å². The summed E-state index contributed by atoms with van der Waals surface area (Å²) < 4.78 is 0. The van der Waals surface area contributed by atoms with Crippen molar-refractivity contribution in [2.75, 3.05) is 17.2 Å². The molecule has 6 heteroatoms. The molecule has 0 bridgehead atoms. The fourth-order valence-corrected chi connectivity index (χ4v) is 1.69. The molecule has 0 heterocycles. The second-order valence-corrected chi connectivity index (χ2v) is 5.31. The third kappa shape index (κ3) is 4.79. The van der Waals surface area contributed by atoms with Gasteiger partial charge in [-0.1, -0.05) is 25.1 Å². The Bertz CT molecular complexity index is 498. The fraction of sp³-hybridized carbons (Fsp3) is 0.429. The summed E-state index contributed by atoms with van der Waals surface area (Å²) >= 11 is 0. The zero-order valence-corrected chi connectivity index (χ0v) is 12.1. The number of anilines is 2. The minimum absolute atomic E-state index is 0.102. The predicted octanol–water partition coefficient (Wildman–Crippen LogP) is 2.22. The minimum atomic E-state index is -0.378. The number of nitrogens with zero attached hydrogens (tertiary/aromatic N) is 1. The predicted molar refractivity (Wildman–Crippen MR) is 81.0 cm³/mol. The van der Waals surface area contributed by atoms with Gasteiger partial charge in [0.1, 0.15) is 5.84 Å². The molecule has 0 radical (unpaired) electrons. The number of nitrogens with one attached hydrogen (secondary N) is 2. The first kappa shape index (κ1) is 15.8. The molecule has 1 aromatic carbocycles. The van der Waals surface area contributed by atoms with Crippen LogP contribution >= 0.6 is 0 Å². The molecule has 1 amide bonds. The van der Waals surface area contributed by atoms with Gasteiger partial charge in [-0.15, -0.1) is 0 Å². The average Bonchev–Trinajstić information content (AvgIpc) is 2.37. The number of rotatable bonds is 6. The smallest absolute Gasteiger partial charge is 0.221 e. The number of nitrogens with two attached hydrogens (primary N) is 1. The fourth-order valence-electron chi connectivity index (χ4n) is 1.69. The molecule has 1 aromatic rings. The number of amides is 1. The summed E-state index contributed by atoms with van der Waals surface area (Å²) in [7, 11) is 0. The maximum Gasteiger partial charge on any atom is 0.221 e. The Balaban J connectivity index is 2.56. The number of carbonyl (C=O) groups is 1. The van der Waals surface area contributed by atoms with Crippen molar-refractivity contribution >= 4 is 23.1 Å². The lowest BCUT2D eigenvalue weighted by molar-refractivity contribution is -0.114. The first-order valence-corrected chi connectivity index (χ1v) is 6.44. The second kappa shape index (κ2) is 6.79. The van der Waals surface area contributed by atoms with E-state index in [1.807, 2.05) is 38.1 Å². The minimum Gasteiger partial charge on any atom is -0.409 e. The first-order chi connectivity index (χ1) is 9.35. The van der Waals surface area contributed by atoms with Gasteiger partial charge in [0.2, 0.25) is 5.91 Å². The highest BCUT2D eigenvalue weighted by Crippen LogP contribution is 2.21. The maximum atomic E-state index is 11.0. The molecule has 0 spiro atoms. The zero-order valence-electron chi connectivity index (χ0n) is 12.1. The van der Waals surface area contributed by atoms with Crippen molar-refractivity contribution in [3.8, 4) is 0 Å². The number of hydrogen-bond donors (Lipinski definition) is 4. The van der Waals surface area contributed by atoms with Crippen molar-refractivity contribution in [1.29, 1.82) is 0 Å². The zero-order chi connectivity index (χ0) is 15.2. The van der Waals surface area contributed by atoms with E-state index >= 15 is 0 Å². The molecule has 0 saturated carbocycles. The summed E-state index contributed by atoms with van der Waals surface area (Å²) in [4.78, 5) is 11.0. The SMILES string of the molecule is CC(=O)Nc1cccc(NCCC(C)(C)C(N)=NO)c1. The van der Waals surface area contributed by atoms with Gasteiger partial charge in [-0.3, -0.25) is 4.79 Å². The van der Waals surface area contributed by atoms with Crippen molar-refractivity contribution in [3.05, 3.63) is 24.3 Å². The van der Waals surface area contributed by atoms with Gasteiger partial charge in [-0.05, 0) is 24.6 Å². The maximum absolute atomic E-state index is 11.0. The van der Waals surface area contributed by atoms with Crippen LogP contribution in [0, 0.1) is 5.41 Å². The molecule has 0 saturated heterocycles. The van der Waals surface area contributed by atoms with E-state index in [-0.39, 0.29) is 17.2 Å². The normalized spacial score (nSPS) is 12.1. The van der Waals surface area contributed by atoms with Gasteiger partial charge in [0.05, 0.1) is 0 Å². The third-order valence-corrected chi connectivity index (χ3v) is 3.06. The Morgan fingerprint density at radius 3 is 2.65 bits per heavy atom. The summed E-state index contributed by atoms with van der Waals surface area (Å²) in [5, 5.41) is 17.7. The lowest BCUT2D eigenvalue weighted by Crippen LogP contribution is -2.33. The number of amidine groups is 1. The third-order valence-electron chi connectivity index (χ3n) is 3.06. The monoisotopic (exact) mass is 278 g/mol. The topological polar surface area (TPSA) is 99.7 Å². The van der Waals surface area contributed by atoms with E-state index in [4.69, 9.17) is 10.9 Å². The van der Waals surface area contributed by atoms with Crippen LogP contribution in [-0.2, 0) is 4.79 Å². The van der Waals surface area contributed by atoms with Gasteiger partial charge >= 0.3 is 0 Å². The van der Waals surface area contributed by atoms with Gasteiger partial charge < -0.3 is 21.6 Å². The van der Waals surface area contributed by atoms with Crippen LogP contribution in [0.4, 0.5) is 11.4 Å². The van der Waals surface area contributed by atoms with Crippen LogP contribution in [0.15, 0.2) is 29.4 Å². The molecule has 0 atom stereocenters. The van der Waals surface area contributed by atoms with Crippen LogP contribution in [0.5, 0.6) is 0 Å². The van der Waals surface area contributed by atoms with Crippen molar-refractivity contribution < 1.29 is 10.0 Å². The standard InChI is InChI=1S/C14H22N4O2/c1-10(19)17-12-6-4-5-11(9-12)16-8-7-14(2,3)13(15)18-20/h4-6,9,16,20H,7-8H2,1-3H3,(H2,15,18)(H,17,19). The number of benzene rings is 1. The van der Waals surface area contributed by atoms with E-state index in [0.717, 1.165) is 11.4 Å². The molecule has 1 rings (SSSR count). The number of carbonyl (C=O) groups excluding carboxylic acids is 1. The molecular formula is C14H22N4O2. The Morgan fingerprint density at radius 2 is 2.05 bits per heavy atom. The molecule has 5 N–H and O–H groups in total. The summed E-state index contributed by atoms with van der Waals surface area (Å²) in [6.07, 6.45) is 0.716. The van der Waals surface area contributed by atoms with Crippen LogP contribution < -0.4 is 16.4 Å². The molecule has 0 unspecified atom stereocenters. The van der Waals surface area contributed by atoms with E-state index in [9.17, 15) is 4.79 Å². The average molecular weight is 278 g/mol. The number of oxime groups is 1. The summed E-state index contributed by atoms with van der Waals surface area (Å²) in [5.41, 5.74) is 6.91. The first-order valence-electron chi connectivity index (χ1n) is 6.44. The molecule has 20 heavy (non-hydrogen) atoms. The van der Waals surface area contributed by atoms with Crippen LogP contribution in [0.3, 0.4) is 0 Å². The summed E-state index contributed by atoms with van der Waals surface area (Å²) in [6, 6.07) is 7.47. The Hall–Kier alpha value is -2.24. The van der Waals surface area contributed by atoms with Crippen LogP contribution in [0.2, 0.25) is 0 Å². The molecule has 0 fully saturated rings.